The minimum atomic E-state index is -0.235. The van der Waals surface area contributed by atoms with Gasteiger partial charge in [0.2, 0.25) is 0 Å². The summed E-state index contributed by atoms with van der Waals surface area (Å²) in [6, 6.07) is 14.7. The minimum Gasteiger partial charge on any atom is -0.350 e. The van der Waals surface area contributed by atoms with Crippen LogP contribution < -0.4 is 10.6 Å². The first kappa shape index (κ1) is 20.5. The summed E-state index contributed by atoms with van der Waals surface area (Å²) < 4.78 is 0.728. The second kappa shape index (κ2) is 9.82. The first-order valence-corrected chi connectivity index (χ1v) is 10.6. The Morgan fingerprint density at radius 2 is 1.89 bits per heavy atom. The quantitative estimate of drug-likeness (QED) is 0.527. The summed E-state index contributed by atoms with van der Waals surface area (Å²) in [4.78, 5) is 28.8. The van der Waals surface area contributed by atoms with Gasteiger partial charge in [-0.1, -0.05) is 35.9 Å². The highest BCUT2D eigenvalue weighted by atomic mass is 79.9. The van der Waals surface area contributed by atoms with Gasteiger partial charge in [-0.15, -0.1) is 11.3 Å². The van der Waals surface area contributed by atoms with Crippen LogP contribution in [0.1, 0.15) is 31.4 Å². The third kappa shape index (κ3) is 5.64. The van der Waals surface area contributed by atoms with Crippen LogP contribution in [0.25, 0.3) is 0 Å². The average Bonchev–Trinajstić information content (AvgIpc) is 3.16. The molecule has 5 nitrogen and oxygen atoms in total. The molecule has 0 saturated heterocycles. The average molecular weight is 479 g/mol. The molecule has 144 valence electrons. The van der Waals surface area contributed by atoms with Crippen molar-refractivity contribution in [2.24, 2.45) is 0 Å². The van der Waals surface area contributed by atoms with Crippen molar-refractivity contribution in [3.63, 3.8) is 0 Å². The lowest BCUT2D eigenvalue weighted by molar-refractivity contribution is 0.0945. The molecule has 3 rings (SSSR count). The van der Waals surface area contributed by atoms with Gasteiger partial charge in [0.05, 0.1) is 12.1 Å². The zero-order valence-corrected chi connectivity index (χ0v) is 17.9. The van der Waals surface area contributed by atoms with Crippen molar-refractivity contribution in [1.29, 1.82) is 0 Å². The molecule has 0 radical (unpaired) electrons. The third-order valence-electron chi connectivity index (χ3n) is 3.89. The summed E-state index contributed by atoms with van der Waals surface area (Å²) in [6.45, 7) is 0.755. The molecule has 2 amide bonds. The Kier molecular flexibility index (Phi) is 7.19. The number of nitrogens with zero attached hydrogens (tertiary/aromatic N) is 1. The summed E-state index contributed by atoms with van der Waals surface area (Å²) in [5.41, 5.74) is 1.96. The fourth-order valence-corrected chi connectivity index (χ4v) is 3.89. The van der Waals surface area contributed by atoms with Gasteiger partial charge in [0.1, 0.15) is 10.7 Å². The Hall–Kier alpha value is -2.22. The van der Waals surface area contributed by atoms with Crippen molar-refractivity contribution in [1.82, 2.24) is 15.6 Å². The van der Waals surface area contributed by atoms with Gasteiger partial charge < -0.3 is 10.6 Å². The van der Waals surface area contributed by atoms with Gasteiger partial charge in [-0.3, -0.25) is 9.59 Å². The smallest absolute Gasteiger partial charge is 0.270 e. The van der Waals surface area contributed by atoms with E-state index < -0.39 is 0 Å². The summed E-state index contributed by atoms with van der Waals surface area (Å²) in [6.07, 6.45) is 0.686. The third-order valence-corrected chi connectivity index (χ3v) is 5.67. The van der Waals surface area contributed by atoms with E-state index in [0.717, 1.165) is 10.0 Å². The molecule has 0 saturated carbocycles. The van der Waals surface area contributed by atoms with Gasteiger partial charge >= 0.3 is 0 Å². The van der Waals surface area contributed by atoms with Gasteiger partial charge in [-0.05, 0) is 52.2 Å². The van der Waals surface area contributed by atoms with Crippen LogP contribution in [0.5, 0.6) is 0 Å². The maximum absolute atomic E-state index is 12.2. The van der Waals surface area contributed by atoms with E-state index in [1.807, 2.05) is 36.4 Å². The van der Waals surface area contributed by atoms with E-state index >= 15 is 0 Å². The molecule has 0 atom stereocenters. The Labute approximate surface area is 180 Å². The topological polar surface area (TPSA) is 71.1 Å². The Morgan fingerprint density at radius 1 is 1.07 bits per heavy atom. The highest BCUT2D eigenvalue weighted by Crippen LogP contribution is 2.16. The maximum atomic E-state index is 12.2. The lowest BCUT2D eigenvalue weighted by Gasteiger charge is -2.05. The number of hydrogen-bond acceptors (Lipinski definition) is 4. The number of amides is 2. The largest absolute Gasteiger partial charge is 0.350 e. The molecule has 3 aromatic rings. The van der Waals surface area contributed by atoms with Crippen LogP contribution >= 0.6 is 38.9 Å². The normalized spacial score (nSPS) is 10.5. The maximum Gasteiger partial charge on any atom is 0.270 e. The molecule has 2 N–H and O–H groups in total. The second-order valence-corrected chi connectivity index (χ2v) is 8.16. The molecule has 1 aromatic heterocycles. The molecule has 0 spiro atoms. The first-order chi connectivity index (χ1) is 13.5. The van der Waals surface area contributed by atoms with Crippen LogP contribution in [0.2, 0.25) is 5.02 Å². The van der Waals surface area contributed by atoms with E-state index in [1.54, 1.807) is 17.5 Å². The molecule has 0 fully saturated rings. The van der Waals surface area contributed by atoms with E-state index in [2.05, 4.69) is 31.5 Å². The number of hydrogen-bond donors (Lipinski definition) is 2. The predicted octanol–water partition coefficient (Wildman–Crippen LogP) is 4.46. The number of aromatic nitrogens is 1. The molecule has 1 heterocycles. The minimum absolute atomic E-state index is 0.199. The number of rotatable bonds is 7. The van der Waals surface area contributed by atoms with Crippen molar-refractivity contribution in [2.45, 2.75) is 13.0 Å². The van der Waals surface area contributed by atoms with Crippen LogP contribution in [0.3, 0.4) is 0 Å². The van der Waals surface area contributed by atoms with Crippen LogP contribution in [0.4, 0.5) is 0 Å². The van der Waals surface area contributed by atoms with E-state index in [0.29, 0.717) is 34.3 Å². The van der Waals surface area contributed by atoms with Gasteiger partial charge in [0.25, 0.3) is 11.8 Å². The van der Waals surface area contributed by atoms with Crippen molar-refractivity contribution in [3.05, 3.63) is 85.2 Å². The van der Waals surface area contributed by atoms with Gasteiger partial charge in [-0.2, -0.15) is 0 Å². The number of carbonyl (C=O) groups is 2. The van der Waals surface area contributed by atoms with Crippen LogP contribution in [0.15, 0.2) is 58.4 Å². The predicted molar refractivity (Wildman–Crippen MR) is 115 cm³/mol. The number of carbonyl (C=O) groups excluding carboxylic acids is 2. The second-order valence-electron chi connectivity index (χ2n) is 5.92. The highest BCUT2D eigenvalue weighted by molar-refractivity contribution is 9.10. The summed E-state index contributed by atoms with van der Waals surface area (Å²) in [7, 11) is 0. The summed E-state index contributed by atoms with van der Waals surface area (Å²) in [5, 5.41) is 8.69. The molecular weight excluding hydrogens is 462 g/mol. The highest BCUT2D eigenvalue weighted by Gasteiger charge is 2.13. The Bertz CT molecular complexity index is 993. The zero-order chi connectivity index (χ0) is 19.9. The van der Waals surface area contributed by atoms with E-state index in [-0.39, 0.29) is 18.4 Å². The molecule has 0 aliphatic carbocycles. The van der Waals surface area contributed by atoms with Crippen LogP contribution in [-0.4, -0.2) is 23.3 Å². The molecule has 0 unspecified atom stereocenters. The number of halogens is 2. The van der Waals surface area contributed by atoms with Crippen molar-refractivity contribution < 1.29 is 9.59 Å². The van der Waals surface area contributed by atoms with E-state index in [1.165, 1.54) is 11.3 Å². The van der Waals surface area contributed by atoms with Crippen molar-refractivity contribution in [2.75, 3.05) is 6.54 Å². The standard InChI is InChI=1S/C20H17BrClN3O2S/c21-16-7-2-1-6-15(16)19(26)24-11-18-25-17(12-28-18)20(27)23-9-8-13-4-3-5-14(22)10-13/h1-7,10,12H,8-9,11H2,(H,23,27)(H,24,26). The summed E-state index contributed by atoms with van der Waals surface area (Å²) in [5.74, 6) is -0.433. The van der Waals surface area contributed by atoms with Crippen molar-refractivity contribution >= 4 is 50.7 Å². The molecule has 0 aliphatic rings. The van der Waals surface area contributed by atoms with Crippen LogP contribution in [-0.2, 0) is 13.0 Å². The molecule has 0 aliphatic heterocycles. The molecule has 2 aromatic carbocycles. The van der Waals surface area contributed by atoms with Gasteiger partial charge in [0.15, 0.2) is 0 Å². The first-order valence-electron chi connectivity index (χ1n) is 8.52. The SMILES string of the molecule is O=C(NCCc1cccc(Cl)c1)c1csc(CNC(=O)c2ccccc2Br)n1. The zero-order valence-electron chi connectivity index (χ0n) is 14.7. The molecule has 28 heavy (non-hydrogen) atoms. The Morgan fingerprint density at radius 3 is 2.68 bits per heavy atom. The van der Waals surface area contributed by atoms with E-state index in [4.69, 9.17) is 11.6 Å². The number of benzene rings is 2. The van der Waals surface area contributed by atoms with E-state index in [9.17, 15) is 9.59 Å². The Balaban J connectivity index is 1.48. The monoisotopic (exact) mass is 477 g/mol. The lowest BCUT2D eigenvalue weighted by atomic mass is 10.1. The number of thiazole rings is 1. The van der Waals surface area contributed by atoms with Crippen molar-refractivity contribution in [3.8, 4) is 0 Å². The summed E-state index contributed by atoms with van der Waals surface area (Å²) >= 11 is 10.6. The molecule has 8 heteroatoms. The van der Waals surface area contributed by atoms with Gasteiger partial charge in [0, 0.05) is 21.4 Å². The van der Waals surface area contributed by atoms with Gasteiger partial charge in [-0.25, -0.2) is 4.98 Å². The van der Waals surface area contributed by atoms with Crippen LogP contribution in [0, 0.1) is 0 Å². The fourth-order valence-electron chi connectivity index (χ4n) is 2.50. The molecular formula is C20H17BrClN3O2S. The number of nitrogens with one attached hydrogen (secondary N) is 2. The lowest BCUT2D eigenvalue weighted by Crippen LogP contribution is -2.26. The fraction of sp³-hybridized carbons (Fsp3) is 0.150. The molecule has 0 bridgehead atoms.